The Kier molecular flexibility index (Phi) is 3.70. The maximum Gasteiger partial charge on any atom is 0.335 e. The van der Waals surface area contributed by atoms with Crippen molar-refractivity contribution >= 4 is 17.0 Å². The van der Waals surface area contributed by atoms with E-state index in [0.29, 0.717) is 17.5 Å². The minimum atomic E-state index is -0.876. The van der Waals surface area contributed by atoms with Crippen LogP contribution in [0, 0.1) is 5.92 Å². The number of imidazole rings is 1. The summed E-state index contributed by atoms with van der Waals surface area (Å²) in [5, 5.41) is 9.23. The summed E-state index contributed by atoms with van der Waals surface area (Å²) in [4.78, 5) is 16.0. The number of benzene rings is 1. The van der Waals surface area contributed by atoms with Gasteiger partial charge >= 0.3 is 5.97 Å². The van der Waals surface area contributed by atoms with Crippen LogP contribution < -0.4 is 0 Å². The predicted molar refractivity (Wildman–Crippen MR) is 82.7 cm³/mol. The molecule has 0 bridgehead atoms. The number of hydrogen-bond acceptors (Lipinski definition) is 2. The van der Waals surface area contributed by atoms with Crippen LogP contribution in [0.25, 0.3) is 11.0 Å². The van der Waals surface area contributed by atoms with Gasteiger partial charge in [0.25, 0.3) is 0 Å². The van der Waals surface area contributed by atoms with Crippen LogP contribution in [0.1, 0.15) is 61.8 Å². The second-order valence-corrected chi connectivity index (χ2v) is 6.09. The lowest BCUT2D eigenvalue weighted by atomic mass is 9.85. The predicted octanol–water partition coefficient (Wildman–Crippen LogP) is 4.05. The number of rotatable bonds is 3. The molecular formula is C17H22N2O2. The van der Waals surface area contributed by atoms with Crippen LogP contribution >= 0.6 is 0 Å². The molecule has 1 saturated carbocycles. The van der Waals surface area contributed by atoms with Crippen LogP contribution in [-0.2, 0) is 6.42 Å². The number of carboxylic acids is 1. The molecule has 1 heterocycles. The van der Waals surface area contributed by atoms with Crippen LogP contribution in [0.3, 0.4) is 0 Å². The van der Waals surface area contributed by atoms with Gasteiger partial charge < -0.3 is 9.67 Å². The van der Waals surface area contributed by atoms with E-state index in [1.807, 2.05) is 6.07 Å². The summed E-state index contributed by atoms with van der Waals surface area (Å²) >= 11 is 0. The molecule has 2 atom stereocenters. The number of carboxylic acid groups (broad SMARTS) is 1. The molecule has 112 valence electrons. The van der Waals surface area contributed by atoms with Gasteiger partial charge in [-0.15, -0.1) is 0 Å². The lowest BCUT2D eigenvalue weighted by Gasteiger charge is -2.31. The molecule has 1 aromatic carbocycles. The molecule has 0 amide bonds. The maximum absolute atomic E-state index is 11.2. The summed E-state index contributed by atoms with van der Waals surface area (Å²) in [6.07, 6.45) is 5.83. The molecule has 0 aliphatic heterocycles. The maximum atomic E-state index is 11.2. The normalized spacial score (nSPS) is 22.6. The molecule has 4 heteroatoms. The molecule has 1 aromatic heterocycles. The summed E-state index contributed by atoms with van der Waals surface area (Å²) in [6, 6.07) is 5.71. The molecule has 21 heavy (non-hydrogen) atoms. The van der Waals surface area contributed by atoms with E-state index >= 15 is 0 Å². The van der Waals surface area contributed by atoms with Gasteiger partial charge in [-0.25, -0.2) is 9.78 Å². The molecule has 1 N–H and O–H groups in total. The van der Waals surface area contributed by atoms with Gasteiger partial charge in [0, 0.05) is 12.5 Å². The number of aromatic carboxylic acids is 1. The first-order valence-corrected chi connectivity index (χ1v) is 7.86. The first kappa shape index (κ1) is 14.1. The fourth-order valence-corrected chi connectivity index (χ4v) is 3.58. The zero-order valence-electron chi connectivity index (χ0n) is 12.7. The SMILES string of the molecule is CCc1nc2ccc(C(=O)O)cc2n1C1CCCCC1C. The zero-order valence-corrected chi connectivity index (χ0v) is 12.7. The monoisotopic (exact) mass is 286 g/mol. The summed E-state index contributed by atoms with van der Waals surface area (Å²) in [6.45, 7) is 4.42. The number of nitrogens with zero attached hydrogens (tertiary/aromatic N) is 2. The molecule has 4 nitrogen and oxygen atoms in total. The van der Waals surface area contributed by atoms with E-state index in [4.69, 9.17) is 4.98 Å². The highest BCUT2D eigenvalue weighted by Gasteiger charge is 2.26. The Morgan fingerprint density at radius 1 is 1.38 bits per heavy atom. The van der Waals surface area contributed by atoms with Crippen LogP contribution in [0.2, 0.25) is 0 Å². The summed E-state index contributed by atoms with van der Waals surface area (Å²) in [5.41, 5.74) is 2.23. The van der Waals surface area contributed by atoms with Gasteiger partial charge in [0.2, 0.25) is 0 Å². The first-order chi connectivity index (χ1) is 10.1. The average molecular weight is 286 g/mol. The molecule has 0 radical (unpaired) electrons. The average Bonchev–Trinajstić information content (AvgIpc) is 2.85. The first-order valence-electron chi connectivity index (χ1n) is 7.86. The number of hydrogen-bond donors (Lipinski definition) is 1. The quantitative estimate of drug-likeness (QED) is 0.926. The van der Waals surface area contributed by atoms with Gasteiger partial charge in [0.1, 0.15) is 5.82 Å². The molecule has 0 spiro atoms. The number of aryl methyl sites for hydroxylation is 1. The third-order valence-corrected chi connectivity index (χ3v) is 4.72. The minimum absolute atomic E-state index is 0.342. The highest BCUT2D eigenvalue weighted by Crippen LogP contribution is 2.37. The van der Waals surface area contributed by atoms with E-state index < -0.39 is 5.97 Å². The Morgan fingerprint density at radius 3 is 2.81 bits per heavy atom. The van der Waals surface area contributed by atoms with Gasteiger partial charge in [-0.3, -0.25) is 0 Å². The summed E-state index contributed by atoms with van der Waals surface area (Å²) in [5.74, 6) is 0.820. The molecule has 3 rings (SSSR count). The lowest BCUT2D eigenvalue weighted by Crippen LogP contribution is -2.22. The second-order valence-electron chi connectivity index (χ2n) is 6.09. The van der Waals surface area contributed by atoms with Crippen molar-refractivity contribution in [2.75, 3.05) is 0 Å². The Bertz CT molecular complexity index is 675. The van der Waals surface area contributed by atoms with E-state index in [-0.39, 0.29) is 0 Å². The molecule has 2 unspecified atom stereocenters. The van der Waals surface area contributed by atoms with Crippen molar-refractivity contribution in [3.05, 3.63) is 29.6 Å². The van der Waals surface area contributed by atoms with Gasteiger partial charge in [-0.2, -0.15) is 0 Å². The number of aromatic nitrogens is 2. The number of carbonyl (C=O) groups is 1. The van der Waals surface area contributed by atoms with E-state index in [2.05, 4.69) is 18.4 Å². The lowest BCUT2D eigenvalue weighted by molar-refractivity contribution is 0.0697. The summed E-state index contributed by atoms with van der Waals surface area (Å²) < 4.78 is 2.31. The van der Waals surface area contributed by atoms with Crippen molar-refractivity contribution in [2.24, 2.45) is 5.92 Å². The molecule has 1 fully saturated rings. The van der Waals surface area contributed by atoms with Gasteiger partial charge in [0.15, 0.2) is 0 Å². The second kappa shape index (κ2) is 5.51. The van der Waals surface area contributed by atoms with E-state index in [0.717, 1.165) is 29.7 Å². The third-order valence-electron chi connectivity index (χ3n) is 4.72. The smallest absolute Gasteiger partial charge is 0.335 e. The number of fused-ring (bicyclic) bond motifs is 1. The van der Waals surface area contributed by atoms with Crippen LogP contribution in [-0.4, -0.2) is 20.6 Å². The van der Waals surface area contributed by atoms with Crippen molar-refractivity contribution in [1.29, 1.82) is 0 Å². The van der Waals surface area contributed by atoms with Crippen molar-refractivity contribution in [1.82, 2.24) is 9.55 Å². The van der Waals surface area contributed by atoms with Crippen molar-refractivity contribution in [3.8, 4) is 0 Å². The van der Waals surface area contributed by atoms with Gasteiger partial charge in [-0.05, 0) is 37.0 Å². The molecule has 1 aliphatic rings. The Labute approximate surface area is 124 Å². The van der Waals surface area contributed by atoms with Gasteiger partial charge in [-0.1, -0.05) is 26.7 Å². The zero-order chi connectivity index (χ0) is 15.0. The minimum Gasteiger partial charge on any atom is -0.478 e. The Morgan fingerprint density at radius 2 is 2.14 bits per heavy atom. The topological polar surface area (TPSA) is 55.1 Å². The van der Waals surface area contributed by atoms with Crippen LogP contribution in [0.5, 0.6) is 0 Å². The van der Waals surface area contributed by atoms with Crippen molar-refractivity contribution in [2.45, 2.75) is 52.0 Å². The van der Waals surface area contributed by atoms with Crippen molar-refractivity contribution in [3.63, 3.8) is 0 Å². The van der Waals surface area contributed by atoms with Crippen LogP contribution in [0.4, 0.5) is 0 Å². The molecular weight excluding hydrogens is 264 g/mol. The van der Waals surface area contributed by atoms with Crippen molar-refractivity contribution < 1.29 is 9.90 Å². The standard InChI is InChI=1S/C17H22N2O2/c1-3-16-18-13-9-8-12(17(20)21)10-15(13)19(16)14-7-5-4-6-11(14)2/h8-11,14H,3-7H2,1-2H3,(H,20,21). The highest BCUT2D eigenvalue weighted by atomic mass is 16.4. The van der Waals surface area contributed by atoms with Crippen LogP contribution in [0.15, 0.2) is 18.2 Å². The molecule has 0 saturated heterocycles. The van der Waals surface area contributed by atoms with E-state index in [1.165, 1.54) is 19.3 Å². The fourth-order valence-electron chi connectivity index (χ4n) is 3.58. The van der Waals surface area contributed by atoms with Gasteiger partial charge in [0.05, 0.1) is 16.6 Å². The fraction of sp³-hybridized carbons (Fsp3) is 0.529. The molecule has 1 aliphatic carbocycles. The third kappa shape index (κ3) is 2.43. The largest absolute Gasteiger partial charge is 0.478 e. The highest BCUT2D eigenvalue weighted by molar-refractivity contribution is 5.92. The summed E-state index contributed by atoms with van der Waals surface area (Å²) in [7, 11) is 0. The van der Waals surface area contributed by atoms with E-state index in [9.17, 15) is 9.90 Å². The Hall–Kier alpha value is -1.84. The van der Waals surface area contributed by atoms with E-state index in [1.54, 1.807) is 12.1 Å². The molecule has 2 aromatic rings. The Balaban J connectivity index is 2.17.